The molecule has 0 aliphatic heterocycles. The standard InChI is InChI=1S/C6H11NO/c7-5-1-2-6(8,3-5)4-5/h8H,1-4,7H2. The molecule has 2 heteroatoms. The van der Waals surface area contributed by atoms with Crippen molar-refractivity contribution in [3.05, 3.63) is 0 Å². The van der Waals surface area contributed by atoms with E-state index in [0.29, 0.717) is 0 Å². The van der Waals surface area contributed by atoms with Crippen molar-refractivity contribution in [3.8, 4) is 0 Å². The number of rotatable bonds is 0. The molecule has 0 aromatic rings. The number of aliphatic hydroxyl groups is 1. The summed E-state index contributed by atoms with van der Waals surface area (Å²) in [5.74, 6) is 0. The number of hydrogen-bond donors (Lipinski definition) is 2. The Morgan fingerprint density at radius 1 is 1.25 bits per heavy atom. The van der Waals surface area contributed by atoms with Gasteiger partial charge in [0.25, 0.3) is 0 Å². The topological polar surface area (TPSA) is 46.2 Å². The van der Waals surface area contributed by atoms with Gasteiger partial charge < -0.3 is 10.8 Å². The van der Waals surface area contributed by atoms with E-state index in [4.69, 9.17) is 5.73 Å². The van der Waals surface area contributed by atoms with E-state index in [-0.39, 0.29) is 11.1 Å². The first-order chi connectivity index (χ1) is 3.62. The van der Waals surface area contributed by atoms with Crippen molar-refractivity contribution in [2.45, 2.75) is 36.8 Å². The Kier molecular flexibility index (Phi) is 0.570. The highest BCUT2D eigenvalue weighted by Gasteiger charge is 2.57. The average Bonchev–Trinajstić information content (AvgIpc) is 1.88. The zero-order valence-corrected chi connectivity index (χ0v) is 4.85. The summed E-state index contributed by atoms with van der Waals surface area (Å²) >= 11 is 0. The van der Waals surface area contributed by atoms with Crippen LogP contribution in [-0.4, -0.2) is 16.2 Å². The quantitative estimate of drug-likeness (QED) is 0.464. The SMILES string of the molecule is NC12CCC(O)(C1)C2. The second-order valence-electron chi connectivity index (χ2n) is 3.44. The highest BCUT2D eigenvalue weighted by Crippen LogP contribution is 2.53. The van der Waals surface area contributed by atoms with Gasteiger partial charge >= 0.3 is 0 Å². The van der Waals surface area contributed by atoms with Crippen LogP contribution in [0, 0.1) is 0 Å². The second-order valence-corrected chi connectivity index (χ2v) is 3.44. The van der Waals surface area contributed by atoms with Gasteiger partial charge in [0.15, 0.2) is 0 Å². The molecule has 8 heavy (non-hydrogen) atoms. The minimum atomic E-state index is -0.325. The molecule has 0 aromatic heterocycles. The molecule has 2 nitrogen and oxygen atoms in total. The van der Waals surface area contributed by atoms with Gasteiger partial charge in [-0.25, -0.2) is 0 Å². The molecule has 0 spiro atoms. The van der Waals surface area contributed by atoms with Gasteiger partial charge in [-0.3, -0.25) is 0 Å². The maximum atomic E-state index is 9.35. The smallest absolute Gasteiger partial charge is 0.0683 e. The zero-order chi connectivity index (χ0) is 5.83. The van der Waals surface area contributed by atoms with Crippen LogP contribution in [0.4, 0.5) is 0 Å². The van der Waals surface area contributed by atoms with Crippen molar-refractivity contribution >= 4 is 0 Å². The van der Waals surface area contributed by atoms with Gasteiger partial charge in [0.1, 0.15) is 0 Å². The molecule has 3 fully saturated rings. The summed E-state index contributed by atoms with van der Waals surface area (Å²) in [5, 5.41) is 9.35. The molecule has 0 aromatic carbocycles. The highest BCUT2D eigenvalue weighted by atomic mass is 16.3. The lowest BCUT2D eigenvalue weighted by atomic mass is 9.74. The summed E-state index contributed by atoms with van der Waals surface area (Å²) in [6.45, 7) is 0. The molecule has 3 aliphatic rings. The van der Waals surface area contributed by atoms with Crippen molar-refractivity contribution in [2.24, 2.45) is 5.73 Å². The zero-order valence-electron chi connectivity index (χ0n) is 4.85. The van der Waals surface area contributed by atoms with Crippen LogP contribution in [0.15, 0.2) is 0 Å². The fourth-order valence-electron chi connectivity index (χ4n) is 2.09. The van der Waals surface area contributed by atoms with Crippen LogP contribution in [0.2, 0.25) is 0 Å². The van der Waals surface area contributed by atoms with E-state index in [9.17, 15) is 5.11 Å². The number of fused-ring (bicyclic) bond motifs is 1. The monoisotopic (exact) mass is 113 g/mol. The molecule has 2 bridgehead atoms. The molecule has 0 heterocycles. The van der Waals surface area contributed by atoms with Crippen molar-refractivity contribution < 1.29 is 5.11 Å². The molecule has 0 atom stereocenters. The fraction of sp³-hybridized carbons (Fsp3) is 1.00. The maximum absolute atomic E-state index is 9.35. The molecule has 0 saturated heterocycles. The van der Waals surface area contributed by atoms with E-state index in [0.717, 1.165) is 25.7 Å². The lowest BCUT2D eigenvalue weighted by Gasteiger charge is -2.40. The lowest BCUT2D eigenvalue weighted by molar-refractivity contribution is -0.0312. The third kappa shape index (κ3) is 0.400. The summed E-state index contributed by atoms with van der Waals surface area (Å²) in [7, 11) is 0. The fourth-order valence-corrected chi connectivity index (χ4v) is 2.09. The van der Waals surface area contributed by atoms with E-state index in [1.807, 2.05) is 0 Å². The molecule has 0 amide bonds. The van der Waals surface area contributed by atoms with Crippen molar-refractivity contribution in [2.75, 3.05) is 0 Å². The molecule has 46 valence electrons. The maximum Gasteiger partial charge on any atom is 0.0683 e. The summed E-state index contributed by atoms with van der Waals surface area (Å²) in [6, 6.07) is 0. The van der Waals surface area contributed by atoms with E-state index in [2.05, 4.69) is 0 Å². The van der Waals surface area contributed by atoms with Crippen LogP contribution in [0.3, 0.4) is 0 Å². The first-order valence-corrected chi connectivity index (χ1v) is 3.13. The predicted octanol–water partition coefficient (Wildman–Crippen LogP) is 0.00260. The Morgan fingerprint density at radius 3 is 2.00 bits per heavy atom. The van der Waals surface area contributed by atoms with Crippen LogP contribution in [0.1, 0.15) is 25.7 Å². The third-order valence-electron chi connectivity index (χ3n) is 2.45. The second kappa shape index (κ2) is 0.957. The Hall–Kier alpha value is -0.0800. The Labute approximate surface area is 48.7 Å². The Morgan fingerprint density at radius 2 is 1.88 bits per heavy atom. The molecule has 3 N–H and O–H groups in total. The van der Waals surface area contributed by atoms with E-state index in [1.165, 1.54) is 0 Å². The van der Waals surface area contributed by atoms with Crippen LogP contribution >= 0.6 is 0 Å². The normalized spacial score (nSPS) is 60.8. The van der Waals surface area contributed by atoms with Crippen molar-refractivity contribution in [3.63, 3.8) is 0 Å². The first-order valence-electron chi connectivity index (χ1n) is 3.13. The molecular formula is C6H11NO. The van der Waals surface area contributed by atoms with Crippen molar-refractivity contribution in [1.82, 2.24) is 0 Å². The Balaban J connectivity index is 2.22. The van der Waals surface area contributed by atoms with Crippen LogP contribution in [-0.2, 0) is 0 Å². The summed E-state index contributed by atoms with van der Waals surface area (Å²) < 4.78 is 0. The molecule has 3 saturated carbocycles. The lowest BCUT2D eigenvalue weighted by Crippen LogP contribution is -2.53. The molecule has 0 unspecified atom stereocenters. The molecule has 0 radical (unpaired) electrons. The summed E-state index contributed by atoms with van der Waals surface area (Å²) in [6.07, 6.45) is 3.66. The predicted molar refractivity (Wildman–Crippen MR) is 30.3 cm³/mol. The van der Waals surface area contributed by atoms with Gasteiger partial charge in [-0.15, -0.1) is 0 Å². The van der Waals surface area contributed by atoms with Gasteiger partial charge in [-0.2, -0.15) is 0 Å². The van der Waals surface area contributed by atoms with E-state index < -0.39 is 0 Å². The van der Waals surface area contributed by atoms with Gasteiger partial charge in [0.05, 0.1) is 5.60 Å². The summed E-state index contributed by atoms with van der Waals surface area (Å²) in [4.78, 5) is 0. The van der Waals surface area contributed by atoms with Gasteiger partial charge in [-0.05, 0) is 25.7 Å². The van der Waals surface area contributed by atoms with E-state index >= 15 is 0 Å². The molecule has 3 aliphatic carbocycles. The van der Waals surface area contributed by atoms with Crippen LogP contribution in [0.25, 0.3) is 0 Å². The Bertz CT molecular complexity index is 112. The number of nitrogens with two attached hydrogens (primary N) is 1. The molecule has 3 rings (SSSR count). The largest absolute Gasteiger partial charge is 0.390 e. The van der Waals surface area contributed by atoms with Gasteiger partial charge in [-0.1, -0.05) is 0 Å². The van der Waals surface area contributed by atoms with E-state index in [1.54, 1.807) is 0 Å². The highest BCUT2D eigenvalue weighted by molar-refractivity contribution is 5.15. The number of hydrogen-bond acceptors (Lipinski definition) is 2. The minimum absolute atomic E-state index is 0.0503. The van der Waals surface area contributed by atoms with Crippen LogP contribution in [0.5, 0.6) is 0 Å². The van der Waals surface area contributed by atoms with Crippen LogP contribution < -0.4 is 5.73 Å². The molecular weight excluding hydrogens is 102 g/mol. The van der Waals surface area contributed by atoms with Crippen molar-refractivity contribution in [1.29, 1.82) is 0 Å². The van der Waals surface area contributed by atoms with Gasteiger partial charge in [0, 0.05) is 5.54 Å². The first kappa shape index (κ1) is 4.77. The average molecular weight is 113 g/mol. The van der Waals surface area contributed by atoms with Gasteiger partial charge in [0.2, 0.25) is 0 Å². The minimum Gasteiger partial charge on any atom is -0.390 e. The third-order valence-corrected chi connectivity index (χ3v) is 2.45. The summed E-state index contributed by atoms with van der Waals surface area (Å²) in [5.41, 5.74) is 5.49.